The topological polar surface area (TPSA) is 103 Å². The van der Waals surface area contributed by atoms with E-state index in [1.165, 1.54) is 12.8 Å². The van der Waals surface area contributed by atoms with E-state index in [1.807, 2.05) is 11.6 Å². The summed E-state index contributed by atoms with van der Waals surface area (Å²) in [4.78, 5) is 19.1. The van der Waals surface area contributed by atoms with Crippen molar-refractivity contribution in [2.24, 2.45) is 17.4 Å². The van der Waals surface area contributed by atoms with Crippen molar-refractivity contribution in [3.63, 3.8) is 0 Å². The molecular formula is C25H49FN8O+2. The first-order chi connectivity index (χ1) is 16.8. The average molecular weight is 497 g/mol. The summed E-state index contributed by atoms with van der Waals surface area (Å²) < 4.78 is 17.1. The normalized spacial score (nSPS) is 36.1. The Bertz CT molecular complexity index is 754. The fourth-order valence-corrected chi connectivity index (χ4v) is 7.06. The summed E-state index contributed by atoms with van der Waals surface area (Å²) in [5.41, 5.74) is 12.6. The van der Waals surface area contributed by atoms with Crippen LogP contribution in [0.4, 0.5) is 4.39 Å². The van der Waals surface area contributed by atoms with Crippen molar-refractivity contribution in [3.05, 3.63) is 0 Å². The molecule has 0 aromatic rings. The van der Waals surface area contributed by atoms with Gasteiger partial charge in [0.2, 0.25) is 12.1 Å². The van der Waals surface area contributed by atoms with E-state index in [4.69, 9.17) is 11.5 Å². The van der Waals surface area contributed by atoms with Crippen LogP contribution in [0.25, 0.3) is 0 Å². The van der Waals surface area contributed by atoms with Crippen molar-refractivity contribution in [1.82, 2.24) is 20.4 Å². The zero-order valence-corrected chi connectivity index (χ0v) is 22.0. The van der Waals surface area contributed by atoms with Crippen LogP contribution in [0, 0.1) is 5.92 Å². The molecule has 2 saturated heterocycles. The number of rotatable bonds is 9. The molecule has 0 spiro atoms. The first kappa shape index (κ1) is 26.9. The minimum absolute atomic E-state index is 0.00600. The molecule has 0 radical (unpaired) electrons. The second-order valence-corrected chi connectivity index (χ2v) is 11.3. The third-order valence-electron chi connectivity index (χ3n) is 8.91. The van der Waals surface area contributed by atoms with E-state index in [-0.39, 0.29) is 18.1 Å². The van der Waals surface area contributed by atoms with Crippen LogP contribution in [0.2, 0.25) is 0 Å². The number of nitrogens with one attached hydrogen (secondary N) is 2. The number of hydrogen-bond donors (Lipinski definition) is 4. The Morgan fingerprint density at radius 3 is 2.49 bits per heavy atom. The van der Waals surface area contributed by atoms with Crippen LogP contribution < -0.4 is 22.1 Å². The van der Waals surface area contributed by atoms with Gasteiger partial charge in [0.05, 0.1) is 25.3 Å². The number of piperazine rings is 1. The molecule has 6 atom stereocenters. The van der Waals surface area contributed by atoms with Crippen molar-refractivity contribution in [2.45, 2.75) is 76.2 Å². The Kier molecular flexibility index (Phi) is 8.82. The number of carbonyl (C=O) groups is 1. The Balaban J connectivity index is 1.50. The Labute approximate surface area is 210 Å². The molecule has 3 fully saturated rings. The van der Waals surface area contributed by atoms with Crippen LogP contribution in [0.1, 0.15) is 39.5 Å². The van der Waals surface area contributed by atoms with Gasteiger partial charge in [0.15, 0.2) is 12.1 Å². The van der Waals surface area contributed by atoms with Crippen molar-refractivity contribution in [1.29, 1.82) is 0 Å². The van der Waals surface area contributed by atoms with E-state index in [0.717, 1.165) is 71.2 Å². The monoisotopic (exact) mass is 496 g/mol. The second kappa shape index (κ2) is 11.5. The highest BCUT2D eigenvalue weighted by Crippen LogP contribution is 2.30. The number of piperidine rings is 1. The summed E-state index contributed by atoms with van der Waals surface area (Å²) in [6, 6.07) is 1.12. The molecule has 0 aromatic carbocycles. The van der Waals surface area contributed by atoms with Crippen LogP contribution in [-0.2, 0) is 4.79 Å². The summed E-state index contributed by atoms with van der Waals surface area (Å²) in [5.74, 6) is -0.741. The van der Waals surface area contributed by atoms with Crippen LogP contribution in [0.5, 0.6) is 0 Å². The quantitative estimate of drug-likeness (QED) is 0.188. The number of nitrogens with zero attached hydrogens (tertiary/aromatic N) is 4. The lowest BCUT2D eigenvalue weighted by Crippen LogP contribution is -2.73. The first-order valence-electron chi connectivity index (χ1n) is 13.9. The van der Waals surface area contributed by atoms with Gasteiger partial charge in [0.25, 0.3) is 6.17 Å². The summed E-state index contributed by atoms with van der Waals surface area (Å²) in [6.45, 7) is 12.1. The lowest BCUT2D eigenvalue weighted by molar-refractivity contribution is -1.03. The van der Waals surface area contributed by atoms with E-state index in [9.17, 15) is 9.18 Å². The zero-order chi connectivity index (χ0) is 25.2. The molecule has 3 heterocycles. The Morgan fingerprint density at radius 1 is 1.20 bits per heavy atom. The van der Waals surface area contributed by atoms with Gasteiger partial charge in [-0.2, -0.15) is 4.58 Å². The Hall–Kier alpha value is -1.17. The van der Waals surface area contributed by atoms with Crippen LogP contribution in [-0.4, -0.2) is 134 Å². The summed E-state index contributed by atoms with van der Waals surface area (Å²) in [6.07, 6.45) is 4.05. The highest BCUT2D eigenvalue weighted by molar-refractivity contribution is 5.80. The molecule has 1 saturated carbocycles. The molecule has 200 valence electrons. The molecule has 35 heavy (non-hydrogen) atoms. The molecule has 4 aliphatic rings. The van der Waals surface area contributed by atoms with E-state index < -0.39 is 18.3 Å². The van der Waals surface area contributed by atoms with Gasteiger partial charge in [0.1, 0.15) is 13.6 Å². The second-order valence-electron chi connectivity index (χ2n) is 11.3. The molecule has 4 rings (SSSR count). The third kappa shape index (κ3) is 5.88. The predicted octanol–water partition coefficient (Wildman–Crippen LogP) is -0.890. The standard InChI is InChI=1S/C25H48FN8O/c1-4-14-34(5-2)17-18(26)16-31(3)25(34)22(23(27)28)24(35)30-20-15-29-9-8-21(20)33-12-10-32(11-13-33)19-6-7-19/h16,18-23,25,29H,4-15,17,27-28H2,1-3H3/q+1/p+1. The highest BCUT2D eigenvalue weighted by Gasteiger charge is 2.55. The molecule has 3 aliphatic heterocycles. The number of amides is 1. The molecule has 0 bridgehead atoms. The molecule has 1 amide bonds. The lowest BCUT2D eigenvalue weighted by atomic mass is 9.93. The minimum atomic E-state index is -1.04. The van der Waals surface area contributed by atoms with Crippen molar-refractivity contribution < 1.29 is 18.2 Å². The third-order valence-corrected chi connectivity index (χ3v) is 8.91. The van der Waals surface area contributed by atoms with Crippen LogP contribution >= 0.6 is 0 Å². The first-order valence-corrected chi connectivity index (χ1v) is 13.9. The SMILES string of the molecule is CCC[N+]1(CC)CC(F)C=[N+](C)C1C(C(=O)NC1CNCCC1N1CCN(C2CC2)CC1)C(N)N. The molecular weight excluding hydrogens is 447 g/mol. The molecule has 6 N–H and O–H groups in total. The van der Waals surface area contributed by atoms with Crippen molar-refractivity contribution in [2.75, 3.05) is 66.0 Å². The fraction of sp³-hybridized carbons (Fsp3) is 0.920. The van der Waals surface area contributed by atoms with Gasteiger partial charge in [-0.15, -0.1) is 0 Å². The van der Waals surface area contributed by atoms with Gasteiger partial charge in [0, 0.05) is 44.8 Å². The molecule has 6 unspecified atom stereocenters. The predicted molar refractivity (Wildman–Crippen MR) is 137 cm³/mol. The minimum Gasteiger partial charge on any atom is -0.350 e. The molecule has 10 heteroatoms. The number of halogens is 1. The molecule has 9 nitrogen and oxygen atoms in total. The average Bonchev–Trinajstić information content (AvgIpc) is 3.67. The number of nitrogens with two attached hydrogens (primary N) is 2. The van der Waals surface area contributed by atoms with E-state index >= 15 is 0 Å². The molecule has 1 aliphatic carbocycles. The number of hydrogen-bond acceptors (Lipinski definition) is 6. The van der Waals surface area contributed by atoms with Crippen molar-refractivity contribution >= 4 is 12.1 Å². The van der Waals surface area contributed by atoms with Gasteiger partial charge < -0.3 is 22.1 Å². The van der Waals surface area contributed by atoms with Crippen molar-refractivity contribution in [3.8, 4) is 0 Å². The van der Waals surface area contributed by atoms with Crippen LogP contribution in [0.15, 0.2) is 0 Å². The largest absolute Gasteiger partial charge is 0.350 e. The Morgan fingerprint density at radius 2 is 1.89 bits per heavy atom. The zero-order valence-electron chi connectivity index (χ0n) is 22.0. The van der Waals surface area contributed by atoms with Gasteiger partial charge >= 0.3 is 0 Å². The summed E-state index contributed by atoms with van der Waals surface area (Å²) in [5, 5.41) is 6.84. The van der Waals surface area contributed by atoms with Gasteiger partial charge in [-0.05, 0) is 39.2 Å². The maximum atomic E-state index is 14.7. The highest BCUT2D eigenvalue weighted by atomic mass is 19.1. The number of carbonyl (C=O) groups excluding carboxylic acids is 1. The van der Waals surface area contributed by atoms with E-state index in [2.05, 4.69) is 34.3 Å². The molecule has 0 aromatic heterocycles. The maximum Gasteiger partial charge on any atom is 0.294 e. The number of alkyl halides is 1. The van der Waals surface area contributed by atoms with Gasteiger partial charge in [-0.3, -0.25) is 19.1 Å². The summed E-state index contributed by atoms with van der Waals surface area (Å²) >= 11 is 0. The van der Waals surface area contributed by atoms with E-state index in [0.29, 0.717) is 17.1 Å². The van der Waals surface area contributed by atoms with Crippen LogP contribution in [0.3, 0.4) is 0 Å². The fourth-order valence-electron chi connectivity index (χ4n) is 7.06. The summed E-state index contributed by atoms with van der Waals surface area (Å²) in [7, 11) is 1.86. The lowest BCUT2D eigenvalue weighted by Gasteiger charge is -2.47. The number of quaternary nitrogens is 1. The van der Waals surface area contributed by atoms with Gasteiger partial charge in [-0.25, -0.2) is 4.39 Å². The smallest absolute Gasteiger partial charge is 0.294 e. The van der Waals surface area contributed by atoms with E-state index in [1.54, 1.807) is 6.21 Å². The maximum absolute atomic E-state index is 14.7. The van der Waals surface area contributed by atoms with Gasteiger partial charge in [-0.1, -0.05) is 6.92 Å².